The first-order valence-electron chi connectivity index (χ1n) is 10.1. The number of methoxy groups -OCH3 is 1. The average molecular weight is 456 g/mol. The first-order valence-corrected chi connectivity index (χ1v) is 12.0. The second-order valence-corrected chi connectivity index (χ2v) is 9.81. The van der Waals surface area contributed by atoms with Gasteiger partial charge in [-0.2, -0.15) is 0 Å². The molecule has 1 aliphatic rings. The Hall–Kier alpha value is -3.03. The summed E-state index contributed by atoms with van der Waals surface area (Å²) < 4.78 is 57.9. The van der Waals surface area contributed by atoms with E-state index in [-0.39, 0.29) is 16.5 Å². The third kappa shape index (κ3) is 4.59. The molecule has 1 heterocycles. The molecule has 3 aromatic carbocycles. The lowest BCUT2D eigenvalue weighted by molar-refractivity contribution is 0.203. The Bertz CT molecular complexity index is 1230. The van der Waals surface area contributed by atoms with Gasteiger partial charge in [-0.15, -0.1) is 0 Å². The molecule has 1 saturated heterocycles. The summed E-state index contributed by atoms with van der Waals surface area (Å²) in [7, 11) is -2.09. The highest BCUT2D eigenvalue weighted by Crippen LogP contribution is 2.38. The maximum absolute atomic E-state index is 13.8. The largest absolute Gasteiger partial charge is 0.497 e. The van der Waals surface area contributed by atoms with Crippen LogP contribution in [0.2, 0.25) is 0 Å². The van der Waals surface area contributed by atoms with Gasteiger partial charge in [0.1, 0.15) is 17.4 Å². The Labute approximate surface area is 186 Å². The molecule has 0 aliphatic carbocycles. The van der Waals surface area contributed by atoms with E-state index in [1.54, 1.807) is 7.11 Å². The Balaban J connectivity index is 1.72. The third-order valence-corrected chi connectivity index (χ3v) is 6.78. The van der Waals surface area contributed by atoms with Gasteiger partial charge in [0.25, 0.3) is 0 Å². The summed E-state index contributed by atoms with van der Waals surface area (Å²) in [5.41, 5.74) is 2.77. The van der Waals surface area contributed by atoms with Gasteiger partial charge in [-0.05, 0) is 46.5 Å². The summed E-state index contributed by atoms with van der Waals surface area (Å²) in [6.45, 7) is 0.734. The minimum absolute atomic E-state index is 0.00584. The van der Waals surface area contributed by atoms with Crippen LogP contribution < -0.4 is 4.74 Å². The van der Waals surface area contributed by atoms with Crippen molar-refractivity contribution in [1.29, 1.82) is 0 Å². The van der Waals surface area contributed by atoms with Crippen LogP contribution in [0.3, 0.4) is 0 Å². The molecule has 1 fully saturated rings. The van der Waals surface area contributed by atoms with Crippen LogP contribution in [-0.4, -0.2) is 39.8 Å². The van der Waals surface area contributed by atoms with Crippen LogP contribution in [0, 0.1) is 11.6 Å². The highest BCUT2D eigenvalue weighted by atomic mass is 32.2. The molecule has 0 amide bonds. The van der Waals surface area contributed by atoms with Crippen molar-refractivity contribution in [3.63, 3.8) is 0 Å². The van der Waals surface area contributed by atoms with E-state index in [4.69, 9.17) is 4.74 Å². The van der Waals surface area contributed by atoms with Crippen molar-refractivity contribution in [2.45, 2.75) is 6.04 Å². The molecule has 7 heteroatoms. The van der Waals surface area contributed by atoms with Gasteiger partial charge in [-0.3, -0.25) is 4.90 Å². The zero-order valence-electron chi connectivity index (χ0n) is 17.8. The van der Waals surface area contributed by atoms with Crippen LogP contribution in [0.5, 0.6) is 5.75 Å². The van der Waals surface area contributed by atoms with Crippen molar-refractivity contribution < 1.29 is 21.9 Å². The molecule has 0 spiro atoms. The molecule has 4 rings (SSSR count). The quantitative estimate of drug-likeness (QED) is 0.534. The Morgan fingerprint density at radius 2 is 1.47 bits per heavy atom. The molecule has 0 aromatic heterocycles. The number of hydrogen-bond acceptors (Lipinski definition) is 4. The van der Waals surface area contributed by atoms with Crippen molar-refractivity contribution in [3.05, 3.63) is 107 Å². The summed E-state index contributed by atoms with van der Waals surface area (Å²) >= 11 is 0. The van der Waals surface area contributed by atoms with Crippen molar-refractivity contribution in [2.75, 3.05) is 26.5 Å². The van der Waals surface area contributed by atoms with Crippen LogP contribution in [0.4, 0.5) is 8.78 Å². The Morgan fingerprint density at radius 1 is 0.906 bits per heavy atom. The molecule has 1 atom stereocenters. The second kappa shape index (κ2) is 8.84. The molecule has 32 heavy (non-hydrogen) atoms. The molecular weight excluding hydrogens is 432 g/mol. The lowest BCUT2D eigenvalue weighted by atomic mass is 9.92. The fraction of sp³-hybridized carbons (Fsp3) is 0.200. The van der Waals surface area contributed by atoms with Gasteiger partial charge in [0, 0.05) is 25.4 Å². The first kappa shape index (κ1) is 22.2. The fourth-order valence-electron chi connectivity index (χ4n) is 4.17. The number of sulfone groups is 1. The normalized spacial score (nSPS) is 15.2. The lowest BCUT2D eigenvalue weighted by Gasteiger charge is -2.42. The third-order valence-electron chi connectivity index (χ3n) is 5.52. The standard InChI is InChI=1S/C25H23F2NO3S/c1-31-23-10-8-18(9-11-23)24(17-6-4-3-5-7-17)28-15-20(16-28)25(32(2,29)30)19-12-21(26)14-22(27)13-19/h3-14,24H,15-16H2,1-2H3. The van der Waals surface area contributed by atoms with Crippen molar-refractivity contribution >= 4 is 14.7 Å². The van der Waals surface area contributed by atoms with Crippen LogP contribution in [-0.2, 0) is 9.84 Å². The highest BCUT2D eigenvalue weighted by molar-refractivity contribution is 8.00. The molecule has 1 aliphatic heterocycles. The van der Waals surface area contributed by atoms with Crippen molar-refractivity contribution in [2.24, 2.45) is 0 Å². The number of likely N-dealkylation sites (tertiary alicyclic amines) is 1. The van der Waals surface area contributed by atoms with Gasteiger partial charge in [0.15, 0.2) is 9.84 Å². The smallest absolute Gasteiger partial charge is 0.176 e. The number of halogens is 2. The minimum atomic E-state index is -3.70. The molecule has 0 radical (unpaired) electrons. The van der Waals surface area contributed by atoms with Gasteiger partial charge in [0.05, 0.1) is 18.1 Å². The second-order valence-electron chi connectivity index (χ2n) is 7.85. The maximum atomic E-state index is 13.8. The van der Waals surface area contributed by atoms with E-state index in [0.717, 1.165) is 41.3 Å². The topological polar surface area (TPSA) is 46.6 Å². The van der Waals surface area contributed by atoms with E-state index in [2.05, 4.69) is 4.90 Å². The van der Waals surface area contributed by atoms with Gasteiger partial charge in [0.2, 0.25) is 0 Å². The van der Waals surface area contributed by atoms with Gasteiger partial charge in [-0.1, -0.05) is 42.5 Å². The van der Waals surface area contributed by atoms with Crippen LogP contribution >= 0.6 is 0 Å². The van der Waals surface area contributed by atoms with Crippen LogP contribution in [0.15, 0.2) is 78.4 Å². The number of ether oxygens (including phenoxy) is 1. The van der Waals surface area contributed by atoms with E-state index in [9.17, 15) is 17.2 Å². The van der Waals surface area contributed by atoms with Gasteiger partial charge >= 0.3 is 0 Å². The molecular formula is C25H23F2NO3S. The summed E-state index contributed by atoms with van der Waals surface area (Å²) in [6.07, 6.45) is 1.07. The lowest BCUT2D eigenvalue weighted by Crippen LogP contribution is -2.44. The summed E-state index contributed by atoms with van der Waals surface area (Å²) in [4.78, 5) is 2.13. The van der Waals surface area contributed by atoms with Crippen molar-refractivity contribution in [3.8, 4) is 5.75 Å². The minimum Gasteiger partial charge on any atom is -0.497 e. The molecule has 1 unspecified atom stereocenters. The number of benzene rings is 3. The summed E-state index contributed by atoms with van der Waals surface area (Å²) in [6, 6.07) is 20.4. The zero-order valence-corrected chi connectivity index (χ0v) is 18.6. The van der Waals surface area contributed by atoms with Gasteiger partial charge < -0.3 is 4.74 Å². The summed E-state index contributed by atoms with van der Waals surface area (Å²) in [5, 5.41) is 0. The summed E-state index contributed by atoms with van der Waals surface area (Å²) in [5.74, 6) is -0.867. The van der Waals surface area contributed by atoms with Gasteiger partial charge in [-0.25, -0.2) is 17.2 Å². The van der Waals surface area contributed by atoms with E-state index >= 15 is 0 Å². The monoisotopic (exact) mass is 455 g/mol. The van der Waals surface area contributed by atoms with Crippen molar-refractivity contribution in [1.82, 2.24) is 4.90 Å². The highest BCUT2D eigenvalue weighted by Gasteiger charge is 2.34. The molecule has 4 nitrogen and oxygen atoms in total. The van der Waals surface area contributed by atoms with E-state index in [1.807, 2.05) is 54.6 Å². The molecule has 166 valence electrons. The predicted octanol–water partition coefficient (Wildman–Crippen LogP) is 4.83. The molecule has 0 bridgehead atoms. The molecule has 0 N–H and O–H groups in total. The number of rotatable bonds is 6. The van der Waals surface area contributed by atoms with Crippen LogP contribution in [0.25, 0.3) is 4.91 Å². The first-order chi connectivity index (χ1) is 15.3. The van der Waals surface area contributed by atoms with E-state index in [0.29, 0.717) is 18.7 Å². The average Bonchev–Trinajstić information content (AvgIpc) is 2.71. The number of hydrogen-bond donors (Lipinski definition) is 0. The Morgan fingerprint density at radius 3 is 2.00 bits per heavy atom. The number of nitrogens with zero attached hydrogens (tertiary/aromatic N) is 1. The zero-order chi connectivity index (χ0) is 22.9. The van der Waals surface area contributed by atoms with E-state index < -0.39 is 21.5 Å². The Kier molecular flexibility index (Phi) is 6.13. The molecule has 3 aromatic rings. The maximum Gasteiger partial charge on any atom is 0.176 e. The SMILES string of the molecule is COc1ccc(C(c2ccccc2)N2CC(=C(c3cc(F)cc(F)c3)S(C)(=O)=O)C2)cc1. The van der Waals surface area contributed by atoms with Crippen LogP contribution in [0.1, 0.15) is 22.7 Å². The fourth-order valence-corrected chi connectivity index (χ4v) is 5.37. The van der Waals surface area contributed by atoms with E-state index in [1.165, 1.54) is 0 Å². The predicted molar refractivity (Wildman–Crippen MR) is 121 cm³/mol. The molecule has 0 saturated carbocycles.